The molecule has 0 saturated carbocycles. The second-order valence-electron chi connectivity index (χ2n) is 9.67. The van der Waals surface area contributed by atoms with E-state index in [1.807, 2.05) is 0 Å². The van der Waals surface area contributed by atoms with Crippen LogP contribution in [0.1, 0.15) is 64.5 Å². The number of carboxylic acid groups (broad SMARTS) is 1. The monoisotopic (exact) mass is 651 g/mol. The summed E-state index contributed by atoms with van der Waals surface area (Å²) in [6.45, 7) is 6.02. The van der Waals surface area contributed by atoms with Crippen LogP contribution in [0.4, 0.5) is 9.59 Å². The number of benzene rings is 2. The number of carbonyl (C=O) groups excluding carboxylic acids is 2. The van der Waals surface area contributed by atoms with Crippen molar-refractivity contribution in [2.24, 2.45) is 10.5 Å². The van der Waals surface area contributed by atoms with E-state index in [1.54, 1.807) is 88.4 Å². The molecule has 2 unspecified atom stereocenters. The Bertz CT molecular complexity index is 1250. The molecular weight excluding hydrogens is 609 g/mol. The van der Waals surface area contributed by atoms with Crippen LogP contribution >= 0.6 is 7.75 Å². The van der Waals surface area contributed by atoms with Crippen LogP contribution in [0.25, 0.3) is 0 Å². The fraction of sp³-hybridized carbons (Fsp3) is 0.467. The van der Waals surface area contributed by atoms with Gasteiger partial charge in [0.05, 0.1) is 13.2 Å². The van der Waals surface area contributed by atoms with E-state index in [-0.39, 0.29) is 37.2 Å². The molecule has 2 atom stereocenters. The van der Waals surface area contributed by atoms with Gasteiger partial charge in [-0.15, -0.1) is 4.76 Å². The number of guanidine groups is 1. The van der Waals surface area contributed by atoms with Crippen molar-refractivity contribution in [2.45, 2.75) is 65.0 Å². The van der Waals surface area contributed by atoms with Crippen LogP contribution in [-0.2, 0) is 48.9 Å². The zero-order valence-electron chi connectivity index (χ0n) is 26.2. The fourth-order valence-corrected chi connectivity index (χ4v) is 6.00. The predicted molar refractivity (Wildman–Crippen MR) is 164 cm³/mol. The summed E-state index contributed by atoms with van der Waals surface area (Å²) < 4.78 is 53.0. The van der Waals surface area contributed by atoms with Crippen LogP contribution in [0, 0.1) is 0 Å². The van der Waals surface area contributed by atoms with Crippen LogP contribution in [0.3, 0.4) is 0 Å². The zero-order valence-corrected chi connectivity index (χ0v) is 27.1. The van der Waals surface area contributed by atoms with E-state index >= 15 is 4.57 Å². The molecule has 0 radical (unpaired) electrons. The Morgan fingerprint density at radius 3 is 1.53 bits per heavy atom. The van der Waals surface area contributed by atoms with E-state index in [2.05, 4.69) is 4.76 Å². The molecule has 0 fully saturated rings. The Hall–Kier alpha value is -4.13. The minimum atomic E-state index is -5.09. The van der Waals surface area contributed by atoms with Gasteiger partial charge < -0.3 is 34.7 Å². The number of nitrogens with two attached hydrogens (primary N) is 1. The molecule has 2 rings (SSSR count). The number of carbonyl (C=O) groups is 3. The highest BCUT2D eigenvalue weighted by Crippen LogP contribution is 2.61. The molecule has 0 aromatic heterocycles. The molecule has 14 nitrogen and oxygen atoms in total. The third-order valence-electron chi connectivity index (χ3n) is 6.12. The van der Waals surface area contributed by atoms with Gasteiger partial charge in [0, 0.05) is 31.0 Å². The topological polar surface area (TPSA) is 186 Å². The van der Waals surface area contributed by atoms with Crippen molar-refractivity contribution in [2.75, 3.05) is 26.8 Å². The maximum Gasteiger partial charge on any atom is 0.511 e. The summed E-state index contributed by atoms with van der Waals surface area (Å²) >= 11 is 0. The first-order valence-corrected chi connectivity index (χ1v) is 16.0. The summed E-state index contributed by atoms with van der Waals surface area (Å²) in [7, 11) is -3.79. The number of hydrogen-bond acceptors (Lipinski definition) is 10. The highest BCUT2D eigenvalue weighted by atomic mass is 31.2. The SMILES string of the molecule is CCCC(OC(=O)OCC)(OP(=O)(N=C(N)N(C)CC(=O)O)OC(CCC)(OC(=O)OCC)c1ccccc1)c1ccccc1. The minimum Gasteiger partial charge on any atom is -0.480 e. The Labute approximate surface area is 263 Å². The van der Waals surface area contributed by atoms with Crippen molar-refractivity contribution >= 4 is 32.0 Å². The largest absolute Gasteiger partial charge is 0.511 e. The van der Waals surface area contributed by atoms with Crippen molar-refractivity contribution in [1.82, 2.24) is 4.90 Å². The number of carboxylic acids is 1. The van der Waals surface area contributed by atoms with Crippen LogP contribution in [0.5, 0.6) is 0 Å². The maximum atomic E-state index is 15.1. The molecule has 3 N–H and O–H groups in total. The highest BCUT2D eigenvalue weighted by molar-refractivity contribution is 7.52. The quantitative estimate of drug-likeness (QED) is 0.0656. The smallest absolute Gasteiger partial charge is 0.480 e. The van der Waals surface area contributed by atoms with Crippen molar-refractivity contribution in [3.05, 3.63) is 71.8 Å². The average molecular weight is 652 g/mol. The van der Waals surface area contributed by atoms with E-state index in [0.29, 0.717) is 12.8 Å². The van der Waals surface area contributed by atoms with Gasteiger partial charge in [-0.25, -0.2) is 23.2 Å². The molecule has 0 aliphatic rings. The Morgan fingerprint density at radius 2 is 1.20 bits per heavy atom. The van der Waals surface area contributed by atoms with Crippen LogP contribution in [0.15, 0.2) is 65.4 Å². The average Bonchev–Trinajstić information content (AvgIpc) is 2.98. The lowest BCUT2D eigenvalue weighted by Crippen LogP contribution is -2.40. The summed E-state index contributed by atoms with van der Waals surface area (Å²) in [5, 5.41) is 9.31. The van der Waals surface area contributed by atoms with Gasteiger partial charge >= 0.3 is 26.0 Å². The van der Waals surface area contributed by atoms with Gasteiger partial charge in [-0.05, 0) is 26.7 Å². The molecular formula is C30H42N3O11P. The summed E-state index contributed by atoms with van der Waals surface area (Å²) in [4.78, 5) is 38.0. The van der Waals surface area contributed by atoms with E-state index in [9.17, 15) is 19.5 Å². The third-order valence-corrected chi connectivity index (χ3v) is 7.62. The van der Waals surface area contributed by atoms with Crippen LogP contribution < -0.4 is 5.73 Å². The van der Waals surface area contributed by atoms with Gasteiger partial charge in [0.25, 0.3) is 11.6 Å². The molecule has 248 valence electrons. The Morgan fingerprint density at radius 1 is 0.800 bits per heavy atom. The summed E-state index contributed by atoms with van der Waals surface area (Å²) in [6, 6.07) is 16.3. The number of rotatable bonds is 17. The van der Waals surface area contributed by atoms with Crippen molar-refractivity contribution in [3.63, 3.8) is 0 Å². The fourth-order valence-electron chi connectivity index (χ4n) is 4.27. The molecule has 15 heteroatoms. The normalized spacial score (nSPS) is 15.4. The number of likely N-dealkylation sites (N-methyl/N-ethyl adjacent to an activating group) is 1. The van der Waals surface area contributed by atoms with Gasteiger partial charge in [-0.2, -0.15) is 0 Å². The second-order valence-corrected chi connectivity index (χ2v) is 11.2. The molecule has 0 saturated heterocycles. The van der Waals surface area contributed by atoms with E-state index in [1.165, 1.54) is 7.05 Å². The van der Waals surface area contributed by atoms with Crippen LogP contribution in [-0.4, -0.2) is 61.1 Å². The lowest BCUT2D eigenvalue weighted by Gasteiger charge is -2.38. The summed E-state index contributed by atoms with van der Waals surface area (Å²) in [6.07, 6.45) is -1.71. The standard InChI is InChI=1S/C30H42N3O11P/c1-6-20-29(41-27(36)39-8-3,23-16-12-10-13-17-23)43-45(38,32-26(31)33(5)22-25(34)35)44-30(21-7-2,42-28(37)40-9-4)24-18-14-11-15-19-24/h10-19H,6-9,20-22H2,1-5H3,(H,34,35)(H2,31,32,38). The summed E-state index contributed by atoms with van der Waals surface area (Å²) in [5.74, 6) is -6.04. The molecule has 0 spiro atoms. The number of nitrogens with zero attached hydrogens (tertiary/aromatic N) is 2. The van der Waals surface area contributed by atoms with E-state index in [0.717, 1.165) is 4.90 Å². The third kappa shape index (κ3) is 10.8. The van der Waals surface area contributed by atoms with Crippen molar-refractivity contribution < 1.29 is 52.1 Å². The number of aliphatic carboxylic acids is 1. The molecule has 0 amide bonds. The molecule has 0 bridgehead atoms. The highest BCUT2D eigenvalue weighted by Gasteiger charge is 2.52. The second kappa shape index (κ2) is 17.4. The van der Waals surface area contributed by atoms with Crippen LogP contribution in [0.2, 0.25) is 0 Å². The molecule has 2 aromatic carbocycles. The Kier molecular flexibility index (Phi) is 14.3. The predicted octanol–water partition coefficient (Wildman–Crippen LogP) is 6.11. The van der Waals surface area contributed by atoms with Crippen molar-refractivity contribution in [1.29, 1.82) is 0 Å². The maximum absolute atomic E-state index is 15.1. The first kappa shape index (κ1) is 37.1. The van der Waals surface area contributed by atoms with E-state index < -0.39 is 50.1 Å². The molecule has 45 heavy (non-hydrogen) atoms. The van der Waals surface area contributed by atoms with Gasteiger partial charge in [0.1, 0.15) is 6.54 Å². The summed E-state index contributed by atoms with van der Waals surface area (Å²) in [5.41, 5.74) is 6.63. The lowest BCUT2D eigenvalue weighted by atomic mass is 10.0. The van der Waals surface area contributed by atoms with Gasteiger partial charge in [-0.3, -0.25) is 4.79 Å². The minimum absolute atomic E-state index is 0.0317. The van der Waals surface area contributed by atoms with E-state index in [4.69, 9.17) is 33.7 Å². The van der Waals surface area contributed by atoms with Crippen molar-refractivity contribution in [3.8, 4) is 0 Å². The lowest BCUT2D eigenvalue weighted by molar-refractivity contribution is -0.205. The first-order chi connectivity index (χ1) is 21.4. The van der Waals surface area contributed by atoms with Gasteiger partial charge in [0.15, 0.2) is 0 Å². The number of hydrogen-bond donors (Lipinski definition) is 2. The van der Waals surface area contributed by atoms with Gasteiger partial charge in [0.2, 0.25) is 5.96 Å². The number of ether oxygens (including phenoxy) is 4. The molecule has 2 aromatic rings. The van der Waals surface area contributed by atoms with Gasteiger partial charge in [-0.1, -0.05) is 74.5 Å². The molecule has 0 heterocycles. The zero-order chi connectivity index (χ0) is 33.5. The molecule has 0 aliphatic carbocycles. The Balaban J connectivity index is 2.90. The molecule has 0 aliphatic heterocycles. The first-order valence-electron chi connectivity index (χ1n) is 14.5.